The van der Waals surface area contributed by atoms with Crippen molar-refractivity contribution in [2.24, 2.45) is 0 Å². The van der Waals surface area contributed by atoms with Crippen LogP contribution in [0, 0.1) is 6.92 Å². The average Bonchev–Trinajstić information content (AvgIpc) is 2.10. The van der Waals surface area contributed by atoms with Crippen LogP contribution in [0.4, 0.5) is 0 Å². The van der Waals surface area contributed by atoms with Gasteiger partial charge in [0.1, 0.15) is 6.29 Å². The molecule has 0 aliphatic heterocycles. The zero-order valence-electron chi connectivity index (χ0n) is 7.58. The van der Waals surface area contributed by atoms with Crippen LogP contribution in [0.15, 0.2) is 24.3 Å². The van der Waals surface area contributed by atoms with E-state index in [4.69, 9.17) is 0 Å². The van der Waals surface area contributed by atoms with Crippen LogP contribution in [-0.4, -0.2) is 6.29 Å². The van der Waals surface area contributed by atoms with E-state index in [1.165, 1.54) is 5.56 Å². The number of aldehydes is 1. The Balaban J connectivity index is 2.87. The van der Waals surface area contributed by atoms with E-state index in [0.29, 0.717) is 0 Å². The van der Waals surface area contributed by atoms with Crippen molar-refractivity contribution in [3.05, 3.63) is 35.4 Å². The Labute approximate surface area is 73.4 Å². The monoisotopic (exact) mass is 162 g/mol. The van der Waals surface area contributed by atoms with Gasteiger partial charge in [0.25, 0.3) is 0 Å². The molecule has 1 nitrogen and oxygen atoms in total. The minimum Gasteiger partial charge on any atom is -0.303 e. The fourth-order valence-electron chi connectivity index (χ4n) is 1.22. The average molecular weight is 162 g/mol. The standard InChI is InChI=1S/C11H14O/c1-3-10(8-12)11-6-4-9(2)5-7-11/h4-8,10H,3H2,1-2H3. The summed E-state index contributed by atoms with van der Waals surface area (Å²) in [7, 11) is 0. The molecule has 0 saturated carbocycles. The van der Waals surface area contributed by atoms with Crippen LogP contribution in [0.2, 0.25) is 0 Å². The summed E-state index contributed by atoms with van der Waals surface area (Å²) < 4.78 is 0. The Kier molecular flexibility index (Phi) is 3.03. The molecule has 1 heteroatoms. The molecule has 0 spiro atoms. The number of rotatable bonds is 3. The van der Waals surface area contributed by atoms with Crippen molar-refractivity contribution in [2.75, 3.05) is 0 Å². The van der Waals surface area contributed by atoms with Gasteiger partial charge < -0.3 is 4.79 Å². The van der Waals surface area contributed by atoms with Crippen LogP contribution in [0.5, 0.6) is 0 Å². The van der Waals surface area contributed by atoms with E-state index in [9.17, 15) is 4.79 Å². The first kappa shape index (κ1) is 8.98. The summed E-state index contributed by atoms with van der Waals surface area (Å²) in [5.74, 6) is 0.0746. The van der Waals surface area contributed by atoms with Crippen LogP contribution in [-0.2, 0) is 4.79 Å². The summed E-state index contributed by atoms with van der Waals surface area (Å²) >= 11 is 0. The van der Waals surface area contributed by atoms with E-state index in [2.05, 4.69) is 0 Å². The van der Waals surface area contributed by atoms with Gasteiger partial charge in [-0.15, -0.1) is 0 Å². The first-order valence-corrected chi connectivity index (χ1v) is 4.29. The molecule has 0 aliphatic rings. The van der Waals surface area contributed by atoms with E-state index in [1.54, 1.807) is 0 Å². The van der Waals surface area contributed by atoms with Crippen LogP contribution in [0.1, 0.15) is 30.4 Å². The number of carbonyl (C=O) groups is 1. The third-order valence-corrected chi connectivity index (χ3v) is 2.11. The number of aryl methyl sites for hydroxylation is 1. The summed E-state index contributed by atoms with van der Waals surface area (Å²) in [5, 5.41) is 0. The molecule has 1 unspecified atom stereocenters. The predicted octanol–water partition coefficient (Wildman–Crippen LogP) is 2.69. The molecule has 64 valence electrons. The molecule has 0 amide bonds. The Morgan fingerprint density at radius 3 is 2.33 bits per heavy atom. The molecule has 0 heterocycles. The van der Waals surface area contributed by atoms with E-state index in [1.807, 2.05) is 38.1 Å². The molecule has 0 aromatic heterocycles. The van der Waals surface area contributed by atoms with E-state index in [0.717, 1.165) is 18.3 Å². The van der Waals surface area contributed by atoms with Gasteiger partial charge in [0, 0.05) is 5.92 Å². The highest BCUT2D eigenvalue weighted by atomic mass is 16.1. The maximum Gasteiger partial charge on any atom is 0.127 e. The van der Waals surface area contributed by atoms with Crippen molar-refractivity contribution in [1.29, 1.82) is 0 Å². The molecule has 0 bridgehead atoms. The van der Waals surface area contributed by atoms with Crippen molar-refractivity contribution in [2.45, 2.75) is 26.2 Å². The second kappa shape index (κ2) is 4.05. The third kappa shape index (κ3) is 1.94. The summed E-state index contributed by atoms with van der Waals surface area (Å²) in [6, 6.07) is 8.14. The maximum atomic E-state index is 10.6. The highest BCUT2D eigenvalue weighted by molar-refractivity contribution is 5.61. The fraction of sp³-hybridized carbons (Fsp3) is 0.364. The zero-order chi connectivity index (χ0) is 8.97. The lowest BCUT2D eigenvalue weighted by Crippen LogP contribution is -1.97. The van der Waals surface area contributed by atoms with Crippen molar-refractivity contribution < 1.29 is 4.79 Å². The van der Waals surface area contributed by atoms with E-state index < -0.39 is 0 Å². The second-order valence-electron chi connectivity index (χ2n) is 3.06. The van der Waals surface area contributed by atoms with Gasteiger partial charge in [-0.1, -0.05) is 36.8 Å². The van der Waals surface area contributed by atoms with Gasteiger partial charge in [-0.05, 0) is 18.9 Å². The summed E-state index contributed by atoms with van der Waals surface area (Å²) in [4.78, 5) is 10.6. The van der Waals surface area contributed by atoms with Gasteiger partial charge in [-0.25, -0.2) is 0 Å². The summed E-state index contributed by atoms with van der Waals surface area (Å²) in [5.41, 5.74) is 2.36. The molecule has 1 atom stereocenters. The molecule has 12 heavy (non-hydrogen) atoms. The molecular weight excluding hydrogens is 148 g/mol. The fourth-order valence-corrected chi connectivity index (χ4v) is 1.22. The largest absolute Gasteiger partial charge is 0.303 e. The number of hydrogen-bond donors (Lipinski definition) is 0. The molecule has 0 saturated heterocycles. The number of carbonyl (C=O) groups excluding carboxylic acids is 1. The normalized spacial score (nSPS) is 12.5. The molecule has 0 aliphatic carbocycles. The van der Waals surface area contributed by atoms with Crippen LogP contribution in [0.25, 0.3) is 0 Å². The van der Waals surface area contributed by atoms with Crippen LogP contribution >= 0.6 is 0 Å². The van der Waals surface area contributed by atoms with Crippen molar-refractivity contribution in [3.8, 4) is 0 Å². The van der Waals surface area contributed by atoms with E-state index >= 15 is 0 Å². The van der Waals surface area contributed by atoms with Gasteiger partial charge in [0.2, 0.25) is 0 Å². The minimum absolute atomic E-state index is 0.0746. The van der Waals surface area contributed by atoms with Gasteiger partial charge in [0.15, 0.2) is 0 Å². The molecular formula is C11H14O. The topological polar surface area (TPSA) is 17.1 Å². The molecule has 0 fully saturated rings. The molecule has 1 rings (SSSR count). The quantitative estimate of drug-likeness (QED) is 0.624. The second-order valence-corrected chi connectivity index (χ2v) is 3.06. The van der Waals surface area contributed by atoms with Gasteiger partial charge >= 0.3 is 0 Å². The lowest BCUT2D eigenvalue weighted by Gasteiger charge is -2.06. The van der Waals surface area contributed by atoms with E-state index in [-0.39, 0.29) is 5.92 Å². The van der Waals surface area contributed by atoms with Crippen molar-refractivity contribution >= 4 is 6.29 Å². The lowest BCUT2D eigenvalue weighted by molar-refractivity contribution is -0.109. The summed E-state index contributed by atoms with van der Waals surface area (Å²) in [6.45, 7) is 4.07. The Bertz CT molecular complexity index is 248. The first-order chi connectivity index (χ1) is 5.77. The van der Waals surface area contributed by atoms with Crippen LogP contribution in [0.3, 0.4) is 0 Å². The minimum atomic E-state index is 0.0746. The first-order valence-electron chi connectivity index (χ1n) is 4.29. The van der Waals surface area contributed by atoms with Gasteiger partial charge in [0.05, 0.1) is 0 Å². The van der Waals surface area contributed by atoms with Gasteiger partial charge in [-0.2, -0.15) is 0 Å². The molecule has 0 radical (unpaired) electrons. The Hall–Kier alpha value is -1.11. The Morgan fingerprint density at radius 2 is 1.92 bits per heavy atom. The SMILES string of the molecule is CCC(C=O)c1ccc(C)cc1. The van der Waals surface area contributed by atoms with Crippen LogP contribution < -0.4 is 0 Å². The highest BCUT2D eigenvalue weighted by Gasteiger charge is 2.05. The highest BCUT2D eigenvalue weighted by Crippen LogP contribution is 2.16. The molecule has 1 aromatic carbocycles. The molecule has 1 aromatic rings. The smallest absolute Gasteiger partial charge is 0.127 e. The van der Waals surface area contributed by atoms with Crippen molar-refractivity contribution in [1.82, 2.24) is 0 Å². The molecule has 0 N–H and O–H groups in total. The number of hydrogen-bond acceptors (Lipinski definition) is 1. The van der Waals surface area contributed by atoms with Gasteiger partial charge in [-0.3, -0.25) is 0 Å². The maximum absolute atomic E-state index is 10.6. The zero-order valence-corrected chi connectivity index (χ0v) is 7.58. The Morgan fingerprint density at radius 1 is 1.33 bits per heavy atom. The third-order valence-electron chi connectivity index (χ3n) is 2.11. The predicted molar refractivity (Wildman–Crippen MR) is 50.3 cm³/mol. The summed E-state index contributed by atoms with van der Waals surface area (Å²) in [6.07, 6.45) is 1.90. The lowest BCUT2D eigenvalue weighted by atomic mass is 9.97. The van der Waals surface area contributed by atoms with Crippen molar-refractivity contribution in [3.63, 3.8) is 0 Å². The number of benzene rings is 1.